The number of amides is 2. The van der Waals surface area contributed by atoms with Gasteiger partial charge in [0, 0.05) is 38.1 Å². The van der Waals surface area contributed by atoms with E-state index in [1.165, 1.54) is 0 Å². The van der Waals surface area contributed by atoms with E-state index in [1.807, 2.05) is 13.0 Å². The molecule has 0 radical (unpaired) electrons. The van der Waals surface area contributed by atoms with Crippen LogP contribution in [0.1, 0.15) is 32.6 Å². The first-order chi connectivity index (χ1) is 11.2. The molecule has 1 aromatic rings. The van der Waals surface area contributed by atoms with E-state index >= 15 is 0 Å². The Kier molecular flexibility index (Phi) is 5.27. The first-order valence-corrected chi connectivity index (χ1v) is 8.43. The maximum absolute atomic E-state index is 12.1. The van der Waals surface area contributed by atoms with Crippen LogP contribution in [0.15, 0.2) is 18.5 Å². The van der Waals surface area contributed by atoms with E-state index in [0.717, 1.165) is 51.3 Å². The number of ether oxygens (including phenoxy) is 1. The third-order valence-electron chi connectivity index (χ3n) is 4.55. The second-order valence-electron chi connectivity index (χ2n) is 6.27. The fraction of sp³-hybridized carbons (Fsp3) is 0.688. The van der Waals surface area contributed by atoms with Gasteiger partial charge in [-0.1, -0.05) is 0 Å². The molecule has 2 saturated heterocycles. The van der Waals surface area contributed by atoms with E-state index < -0.39 is 0 Å². The number of aromatic nitrogens is 2. The maximum Gasteiger partial charge on any atom is 0.315 e. The normalized spacial score (nSPS) is 23.5. The van der Waals surface area contributed by atoms with Gasteiger partial charge in [0.15, 0.2) is 0 Å². The van der Waals surface area contributed by atoms with Crippen molar-refractivity contribution in [2.75, 3.05) is 24.6 Å². The van der Waals surface area contributed by atoms with Crippen LogP contribution < -0.4 is 15.5 Å². The zero-order chi connectivity index (χ0) is 16.1. The third kappa shape index (κ3) is 4.31. The number of hydrogen-bond acceptors (Lipinski definition) is 5. The van der Waals surface area contributed by atoms with Gasteiger partial charge in [-0.25, -0.2) is 14.8 Å². The van der Waals surface area contributed by atoms with Gasteiger partial charge in [-0.3, -0.25) is 0 Å². The zero-order valence-electron chi connectivity index (χ0n) is 13.6. The molecule has 2 unspecified atom stereocenters. The third-order valence-corrected chi connectivity index (χ3v) is 4.55. The molecule has 2 aliphatic heterocycles. The lowest BCUT2D eigenvalue weighted by Gasteiger charge is -2.32. The number of urea groups is 1. The Labute approximate surface area is 136 Å². The lowest BCUT2D eigenvalue weighted by molar-refractivity contribution is 0.0858. The summed E-state index contributed by atoms with van der Waals surface area (Å²) in [6.45, 7) is 4.52. The van der Waals surface area contributed by atoms with Crippen LogP contribution in [0.4, 0.5) is 10.7 Å². The quantitative estimate of drug-likeness (QED) is 0.875. The number of nitrogens with one attached hydrogen (secondary N) is 2. The average molecular weight is 319 g/mol. The van der Waals surface area contributed by atoms with Gasteiger partial charge in [-0.05, 0) is 38.7 Å². The first kappa shape index (κ1) is 16.0. The molecule has 2 amide bonds. The number of hydrogen-bond donors (Lipinski definition) is 2. The molecule has 2 N–H and O–H groups in total. The highest BCUT2D eigenvalue weighted by atomic mass is 16.5. The second-order valence-corrected chi connectivity index (χ2v) is 6.27. The molecule has 3 rings (SSSR count). The van der Waals surface area contributed by atoms with Gasteiger partial charge in [-0.2, -0.15) is 0 Å². The van der Waals surface area contributed by atoms with Crippen LogP contribution in [0.5, 0.6) is 0 Å². The van der Waals surface area contributed by atoms with E-state index in [9.17, 15) is 4.79 Å². The van der Waals surface area contributed by atoms with Crippen LogP contribution in [0.25, 0.3) is 0 Å². The summed E-state index contributed by atoms with van der Waals surface area (Å²) in [6, 6.07) is 1.97. The van der Waals surface area contributed by atoms with Crippen molar-refractivity contribution in [3.63, 3.8) is 0 Å². The van der Waals surface area contributed by atoms with Gasteiger partial charge >= 0.3 is 6.03 Å². The van der Waals surface area contributed by atoms with Crippen LogP contribution in [0, 0.1) is 0 Å². The molecule has 2 fully saturated rings. The largest absolute Gasteiger partial charge is 0.376 e. The molecular formula is C16H25N5O2. The van der Waals surface area contributed by atoms with E-state index in [4.69, 9.17) is 4.74 Å². The monoisotopic (exact) mass is 319 g/mol. The van der Waals surface area contributed by atoms with Crippen molar-refractivity contribution in [3.05, 3.63) is 18.5 Å². The highest BCUT2D eigenvalue weighted by Crippen LogP contribution is 2.16. The standard InChI is InChI=1S/C16H25N5O2/c1-12(14-4-2-11-23-14)19-16(22)20-13-5-9-21(10-6-13)15-17-7-3-8-18-15/h3,7-8,12-14H,2,4-6,9-11H2,1H3,(H2,19,20,22). The number of piperidine rings is 1. The van der Waals surface area contributed by atoms with Gasteiger partial charge in [-0.15, -0.1) is 0 Å². The van der Waals surface area contributed by atoms with Gasteiger partial charge < -0.3 is 20.3 Å². The predicted molar refractivity (Wildman–Crippen MR) is 87.4 cm³/mol. The molecule has 0 saturated carbocycles. The number of rotatable bonds is 4. The molecule has 126 valence electrons. The summed E-state index contributed by atoms with van der Waals surface area (Å²) in [5.74, 6) is 0.766. The summed E-state index contributed by atoms with van der Waals surface area (Å²) in [7, 11) is 0. The number of nitrogens with zero attached hydrogens (tertiary/aromatic N) is 3. The molecule has 7 nitrogen and oxygen atoms in total. The molecule has 0 spiro atoms. The Bertz CT molecular complexity index is 498. The predicted octanol–water partition coefficient (Wildman–Crippen LogP) is 1.31. The van der Waals surface area contributed by atoms with Crippen molar-refractivity contribution >= 4 is 12.0 Å². The van der Waals surface area contributed by atoms with Crippen molar-refractivity contribution in [1.82, 2.24) is 20.6 Å². The fourth-order valence-corrected chi connectivity index (χ4v) is 3.20. The summed E-state index contributed by atoms with van der Waals surface area (Å²) >= 11 is 0. The number of carbonyl (C=O) groups excluding carboxylic acids is 1. The Morgan fingerprint density at radius 3 is 2.70 bits per heavy atom. The fourth-order valence-electron chi connectivity index (χ4n) is 3.20. The van der Waals surface area contributed by atoms with Gasteiger partial charge in [0.05, 0.1) is 12.1 Å². The van der Waals surface area contributed by atoms with Gasteiger partial charge in [0.1, 0.15) is 0 Å². The van der Waals surface area contributed by atoms with Gasteiger partial charge in [0.25, 0.3) is 0 Å². The molecule has 0 aromatic carbocycles. The highest BCUT2D eigenvalue weighted by Gasteiger charge is 2.26. The Hall–Kier alpha value is -1.89. The molecule has 1 aromatic heterocycles. The maximum atomic E-state index is 12.1. The number of carbonyl (C=O) groups is 1. The Balaban J connectivity index is 1.40. The Morgan fingerprint density at radius 1 is 1.30 bits per heavy atom. The van der Waals surface area contributed by atoms with Crippen LogP contribution in [0.2, 0.25) is 0 Å². The molecule has 0 aliphatic carbocycles. The van der Waals surface area contributed by atoms with Crippen LogP contribution in [-0.4, -0.2) is 53.9 Å². The molecule has 23 heavy (non-hydrogen) atoms. The minimum Gasteiger partial charge on any atom is -0.376 e. The van der Waals surface area contributed by atoms with E-state index in [1.54, 1.807) is 12.4 Å². The lowest BCUT2D eigenvalue weighted by Crippen LogP contribution is -2.51. The summed E-state index contributed by atoms with van der Waals surface area (Å²) < 4.78 is 5.61. The minimum atomic E-state index is -0.0950. The lowest BCUT2D eigenvalue weighted by atomic mass is 10.1. The van der Waals surface area contributed by atoms with E-state index in [2.05, 4.69) is 25.5 Å². The van der Waals surface area contributed by atoms with E-state index in [0.29, 0.717) is 0 Å². The van der Waals surface area contributed by atoms with Crippen LogP contribution in [-0.2, 0) is 4.74 Å². The second kappa shape index (κ2) is 7.59. The molecular weight excluding hydrogens is 294 g/mol. The Morgan fingerprint density at radius 2 is 2.04 bits per heavy atom. The molecule has 2 atom stereocenters. The van der Waals surface area contributed by atoms with Gasteiger partial charge in [0.2, 0.25) is 5.95 Å². The molecule has 3 heterocycles. The topological polar surface area (TPSA) is 79.4 Å². The molecule has 7 heteroatoms. The van der Waals surface area contributed by atoms with Crippen molar-refractivity contribution in [2.45, 2.75) is 50.8 Å². The van der Waals surface area contributed by atoms with Crippen molar-refractivity contribution in [3.8, 4) is 0 Å². The van der Waals surface area contributed by atoms with Crippen molar-refractivity contribution in [2.24, 2.45) is 0 Å². The highest BCUT2D eigenvalue weighted by molar-refractivity contribution is 5.74. The summed E-state index contributed by atoms with van der Waals surface area (Å²) in [4.78, 5) is 22.8. The molecule has 0 bridgehead atoms. The minimum absolute atomic E-state index is 0.0512. The first-order valence-electron chi connectivity index (χ1n) is 8.43. The zero-order valence-corrected chi connectivity index (χ0v) is 13.6. The summed E-state index contributed by atoms with van der Waals surface area (Å²) in [5, 5.41) is 6.07. The van der Waals surface area contributed by atoms with Crippen molar-refractivity contribution < 1.29 is 9.53 Å². The van der Waals surface area contributed by atoms with E-state index in [-0.39, 0.29) is 24.2 Å². The average Bonchev–Trinajstić information content (AvgIpc) is 3.11. The molecule has 2 aliphatic rings. The number of anilines is 1. The summed E-state index contributed by atoms with van der Waals surface area (Å²) in [6.07, 6.45) is 7.58. The smallest absolute Gasteiger partial charge is 0.315 e. The van der Waals surface area contributed by atoms with Crippen LogP contribution >= 0.6 is 0 Å². The van der Waals surface area contributed by atoms with Crippen molar-refractivity contribution in [1.29, 1.82) is 0 Å². The van der Waals surface area contributed by atoms with Crippen LogP contribution in [0.3, 0.4) is 0 Å². The summed E-state index contributed by atoms with van der Waals surface area (Å²) in [5.41, 5.74) is 0. The SMILES string of the molecule is CC(NC(=O)NC1CCN(c2ncccn2)CC1)C1CCCO1.